The second-order valence-electron chi connectivity index (χ2n) is 5.73. The summed E-state index contributed by atoms with van der Waals surface area (Å²) >= 11 is 6.19. The minimum absolute atomic E-state index is 0.0555. The van der Waals surface area contributed by atoms with Gasteiger partial charge in [-0.05, 0) is 51.2 Å². The van der Waals surface area contributed by atoms with E-state index in [1.54, 1.807) is 4.68 Å². The van der Waals surface area contributed by atoms with Gasteiger partial charge in [-0.1, -0.05) is 25.4 Å². The van der Waals surface area contributed by atoms with Gasteiger partial charge in [0.2, 0.25) is 0 Å². The van der Waals surface area contributed by atoms with Crippen LogP contribution in [0.5, 0.6) is 0 Å². The van der Waals surface area contributed by atoms with Crippen LogP contribution in [0.4, 0.5) is 0 Å². The lowest BCUT2D eigenvalue weighted by molar-refractivity contribution is 0.0949. The summed E-state index contributed by atoms with van der Waals surface area (Å²) < 4.78 is 1.79. The molecule has 0 bridgehead atoms. The molecule has 0 saturated carbocycles. The molecule has 0 atom stereocenters. The zero-order valence-electron chi connectivity index (χ0n) is 14.8. The summed E-state index contributed by atoms with van der Waals surface area (Å²) in [6.07, 6.45) is 0. The number of benzene rings is 1. The van der Waals surface area contributed by atoms with E-state index < -0.39 is 0 Å². The third-order valence-corrected chi connectivity index (χ3v) is 4.73. The van der Waals surface area contributed by atoms with Crippen molar-refractivity contribution in [3.63, 3.8) is 0 Å². The first kappa shape index (κ1) is 18.5. The fourth-order valence-corrected chi connectivity index (χ4v) is 2.72. The number of nitrogens with one attached hydrogen (secondary N) is 1. The molecule has 0 aliphatic carbocycles. The number of hydrogen-bond donors (Lipinski definition) is 1. The summed E-state index contributed by atoms with van der Waals surface area (Å²) in [5.74, 6) is -0.0555. The minimum atomic E-state index is -0.0555. The highest BCUT2D eigenvalue weighted by atomic mass is 35.5. The van der Waals surface area contributed by atoms with E-state index in [-0.39, 0.29) is 5.91 Å². The predicted octanol–water partition coefficient (Wildman–Crippen LogP) is 3.21. The highest BCUT2D eigenvalue weighted by molar-refractivity contribution is 6.31. The van der Waals surface area contributed by atoms with Crippen LogP contribution in [0.25, 0.3) is 5.69 Å². The Morgan fingerprint density at radius 1 is 1.21 bits per heavy atom. The number of rotatable bonds is 7. The first-order valence-electron chi connectivity index (χ1n) is 8.30. The van der Waals surface area contributed by atoms with Crippen molar-refractivity contribution in [1.82, 2.24) is 20.0 Å². The number of hydrogen-bond acceptors (Lipinski definition) is 3. The highest BCUT2D eigenvalue weighted by Gasteiger charge is 2.11. The molecule has 5 nitrogen and oxygen atoms in total. The number of aromatic nitrogens is 2. The SMILES string of the molecule is CCN(CC)CCNC(=O)c1ccc(-n2nc(C)c(Cl)c2C)cc1. The summed E-state index contributed by atoms with van der Waals surface area (Å²) in [5, 5.41) is 8.05. The normalized spacial score (nSPS) is 11.1. The molecule has 0 aliphatic rings. The largest absolute Gasteiger partial charge is 0.351 e. The van der Waals surface area contributed by atoms with Crippen LogP contribution in [0.3, 0.4) is 0 Å². The van der Waals surface area contributed by atoms with Crippen LogP contribution in [0.2, 0.25) is 5.02 Å². The second-order valence-corrected chi connectivity index (χ2v) is 6.10. The van der Waals surface area contributed by atoms with Crippen LogP contribution < -0.4 is 5.32 Å². The topological polar surface area (TPSA) is 50.2 Å². The molecule has 1 aromatic heterocycles. The van der Waals surface area contributed by atoms with Crippen molar-refractivity contribution in [2.45, 2.75) is 27.7 Å². The number of aryl methyl sites for hydroxylation is 1. The van der Waals surface area contributed by atoms with Gasteiger partial charge in [0.25, 0.3) is 5.91 Å². The Morgan fingerprint density at radius 2 is 1.83 bits per heavy atom. The number of likely N-dealkylation sites (N-methyl/N-ethyl adjacent to an activating group) is 1. The van der Waals surface area contributed by atoms with Crippen molar-refractivity contribution in [3.05, 3.63) is 46.2 Å². The van der Waals surface area contributed by atoms with Crippen molar-refractivity contribution in [1.29, 1.82) is 0 Å². The van der Waals surface area contributed by atoms with Crippen molar-refractivity contribution >= 4 is 17.5 Å². The third-order valence-electron chi connectivity index (χ3n) is 4.19. The standard InChI is InChI=1S/C18H25ClN4O/c1-5-22(6-2)12-11-20-18(24)15-7-9-16(10-8-15)23-14(4)17(19)13(3)21-23/h7-10H,5-6,11-12H2,1-4H3,(H,20,24). The van der Waals surface area contributed by atoms with Crippen LogP contribution in [-0.4, -0.2) is 46.8 Å². The Labute approximate surface area is 148 Å². The van der Waals surface area contributed by atoms with Gasteiger partial charge in [0.15, 0.2) is 0 Å². The molecule has 2 aromatic rings. The van der Waals surface area contributed by atoms with Crippen molar-refractivity contribution in [3.8, 4) is 5.69 Å². The lowest BCUT2D eigenvalue weighted by Gasteiger charge is -2.18. The maximum atomic E-state index is 12.2. The first-order chi connectivity index (χ1) is 11.5. The zero-order chi connectivity index (χ0) is 17.7. The minimum Gasteiger partial charge on any atom is -0.351 e. The van der Waals surface area contributed by atoms with E-state index in [4.69, 9.17) is 11.6 Å². The molecule has 0 spiro atoms. The summed E-state index contributed by atoms with van der Waals surface area (Å²) in [6.45, 7) is 11.5. The lowest BCUT2D eigenvalue weighted by Crippen LogP contribution is -2.34. The molecular formula is C18H25ClN4O. The average molecular weight is 349 g/mol. The van der Waals surface area contributed by atoms with E-state index >= 15 is 0 Å². The molecule has 0 fully saturated rings. The summed E-state index contributed by atoms with van der Waals surface area (Å²) in [5.41, 5.74) is 3.23. The molecule has 1 amide bonds. The van der Waals surface area contributed by atoms with Crippen LogP contribution in [0.1, 0.15) is 35.6 Å². The number of amides is 1. The van der Waals surface area contributed by atoms with Crippen LogP contribution in [0.15, 0.2) is 24.3 Å². The van der Waals surface area contributed by atoms with Crippen LogP contribution in [-0.2, 0) is 0 Å². The quantitative estimate of drug-likeness (QED) is 0.835. The van der Waals surface area contributed by atoms with Gasteiger partial charge in [-0.25, -0.2) is 4.68 Å². The van der Waals surface area contributed by atoms with Gasteiger partial charge in [0, 0.05) is 18.7 Å². The molecule has 0 saturated heterocycles. The fourth-order valence-electron chi connectivity index (χ4n) is 2.60. The molecule has 0 radical (unpaired) electrons. The van der Waals surface area contributed by atoms with Crippen LogP contribution >= 0.6 is 11.6 Å². The van der Waals surface area contributed by atoms with E-state index in [0.29, 0.717) is 17.1 Å². The zero-order valence-corrected chi connectivity index (χ0v) is 15.5. The molecule has 130 valence electrons. The molecular weight excluding hydrogens is 324 g/mol. The van der Waals surface area contributed by atoms with Gasteiger partial charge in [-0.15, -0.1) is 0 Å². The van der Waals surface area contributed by atoms with E-state index in [2.05, 4.69) is 29.2 Å². The van der Waals surface area contributed by atoms with Crippen molar-refractivity contribution < 1.29 is 4.79 Å². The Bertz CT molecular complexity index is 690. The van der Waals surface area contributed by atoms with Crippen molar-refractivity contribution in [2.75, 3.05) is 26.2 Å². The van der Waals surface area contributed by atoms with E-state index in [1.165, 1.54) is 0 Å². The predicted molar refractivity (Wildman–Crippen MR) is 98.2 cm³/mol. The van der Waals surface area contributed by atoms with Crippen molar-refractivity contribution in [2.24, 2.45) is 0 Å². The third kappa shape index (κ3) is 4.16. The van der Waals surface area contributed by atoms with Gasteiger partial charge in [-0.2, -0.15) is 5.10 Å². The van der Waals surface area contributed by atoms with Gasteiger partial charge >= 0.3 is 0 Å². The molecule has 0 aliphatic heterocycles. The smallest absolute Gasteiger partial charge is 0.251 e. The number of nitrogens with zero attached hydrogens (tertiary/aromatic N) is 3. The monoisotopic (exact) mass is 348 g/mol. The Hall–Kier alpha value is -1.85. The Kier molecular flexibility index (Phi) is 6.40. The van der Waals surface area contributed by atoms with Gasteiger partial charge in [0.1, 0.15) is 0 Å². The number of halogens is 1. The van der Waals surface area contributed by atoms with Gasteiger partial charge < -0.3 is 10.2 Å². The highest BCUT2D eigenvalue weighted by Crippen LogP contribution is 2.22. The second kappa shape index (κ2) is 8.31. The molecule has 24 heavy (non-hydrogen) atoms. The molecule has 2 rings (SSSR count). The Morgan fingerprint density at radius 3 is 2.33 bits per heavy atom. The molecule has 1 heterocycles. The van der Waals surface area contributed by atoms with E-state index in [0.717, 1.165) is 36.7 Å². The molecule has 1 N–H and O–H groups in total. The van der Waals surface area contributed by atoms with Crippen LogP contribution in [0, 0.1) is 13.8 Å². The summed E-state index contributed by atoms with van der Waals surface area (Å²) in [4.78, 5) is 14.5. The number of carbonyl (C=O) groups excluding carboxylic acids is 1. The first-order valence-corrected chi connectivity index (χ1v) is 8.68. The van der Waals surface area contributed by atoms with E-state index in [1.807, 2.05) is 38.1 Å². The van der Waals surface area contributed by atoms with Gasteiger partial charge in [0.05, 0.1) is 22.1 Å². The molecule has 0 unspecified atom stereocenters. The summed E-state index contributed by atoms with van der Waals surface area (Å²) in [7, 11) is 0. The molecule has 6 heteroatoms. The average Bonchev–Trinajstić information content (AvgIpc) is 2.86. The maximum absolute atomic E-state index is 12.2. The summed E-state index contributed by atoms with van der Waals surface area (Å²) in [6, 6.07) is 7.39. The lowest BCUT2D eigenvalue weighted by atomic mass is 10.2. The van der Waals surface area contributed by atoms with Gasteiger partial charge in [-0.3, -0.25) is 4.79 Å². The fraction of sp³-hybridized carbons (Fsp3) is 0.444. The van der Waals surface area contributed by atoms with E-state index in [9.17, 15) is 4.79 Å². The molecule has 1 aromatic carbocycles. The number of carbonyl (C=O) groups is 1. The maximum Gasteiger partial charge on any atom is 0.251 e. The Balaban J connectivity index is 2.01.